The number of nitrogens with zero attached hydrogens (tertiary/aromatic N) is 1. The molecule has 58 heavy (non-hydrogen) atoms. The zero-order valence-electron chi connectivity index (χ0n) is 32.2. The lowest BCUT2D eigenvalue weighted by molar-refractivity contribution is 0.487. The van der Waals surface area contributed by atoms with Gasteiger partial charge >= 0.3 is 0 Å². The van der Waals surface area contributed by atoms with Crippen LogP contribution in [0.1, 0.15) is 25.0 Å². The Morgan fingerprint density at radius 1 is 0.414 bits per heavy atom. The minimum atomic E-state index is -0.150. The van der Waals surface area contributed by atoms with E-state index in [1.165, 1.54) is 44.5 Å². The minimum Gasteiger partial charge on any atom is -0.456 e. The molecule has 3 heteroatoms. The predicted molar refractivity (Wildman–Crippen MR) is 240 cm³/mol. The van der Waals surface area contributed by atoms with E-state index in [-0.39, 0.29) is 5.41 Å². The highest BCUT2D eigenvalue weighted by Crippen LogP contribution is 2.56. The van der Waals surface area contributed by atoms with Crippen LogP contribution in [0.25, 0.3) is 77.2 Å². The van der Waals surface area contributed by atoms with Crippen LogP contribution in [-0.2, 0) is 5.41 Å². The molecule has 0 atom stereocenters. The molecule has 0 amide bonds. The zero-order chi connectivity index (χ0) is 38.5. The van der Waals surface area contributed by atoms with Crippen molar-refractivity contribution in [3.8, 4) is 56.0 Å². The summed E-state index contributed by atoms with van der Waals surface area (Å²) >= 11 is 0. The van der Waals surface area contributed by atoms with E-state index in [2.05, 4.69) is 207 Å². The average Bonchev–Trinajstić information content (AvgIpc) is 3.76. The Morgan fingerprint density at radius 2 is 1.12 bits per heavy atom. The van der Waals surface area contributed by atoms with Gasteiger partial charge in [-0.15, -0.1) is 0 Å². The molecular weight excluding hydrogens is 707 g/mol. The Labute approximate surface area is 337 Å². The zero-order valence-corrected chi connectivity index (χ0v) is 32.2. The van der Waals surface area contributed by atoms with E-state index >= 15 is 0 Å². The van der Waals surface area contributed by atoms with E-state index in [1.54, 1.807) is 0 Å². The molecule has 0 saturated carbocycles. The van der Waals surface area contributed by atoms with Gasteiger partial charge in [-0.3, -0.25) is 0 Å². The van der Waals surface area contributed by atoms with Crippen LogP contribution in [0.2, 0.25) is 0 Å². The van der Waals surface area contributed by atoms with E-state index in [1.807, 2.05) is 0 Å². The summed E-state index contributed by atoms with van der Waals surface area (Å²) in [4.78, 5) is 2.44. The van der Waals surface area contributed by atoms with Crippen molar-refractivity contribution in [2.75, 3.05) is 4.90 Å². The largest absolute Gasteiger partial charge is 0.456 e. The molecule has 1 aromatic heterocycles. The van der Waals surface area contributed by atoms with Crippen molar-refractivity contribution < 1.29 is 9.15 Å². The van der Waals surface area contributed by atoms with Crippen LogP contribution in [0, 0.1) is 0 Å². The summed E-state index contributed by atoms with van der Waals surface area (Å²) in [6, 6.07) is 67.5. The number of ether oxygens (including phenoxy) is 1. The summed E-state index contributed by atoms with van der Waals surface area (Å²) < 4.78 is 13.5. The quantitative estimate of drug-likeness (QED) is 0.176. The lowest BCUT2D eigenvalue weighted by atomic mass is 9.82. The number of benzene rings is 9. The molecule has 0 fully saturated rings. The normalized spacial score (nSPS) is 13.3. The van der Waals surface area contributed by atoms with E-state index in [9.17, 15) is 0 Å². The second-order valence-electron chi connectivity index (χ2n) is 16.1. The lowest BCUT2D eigenvalue weighted by Crippen LogP contribution is -2.16. The number of anilines is 3. The molecule has 9 aromatic carbocycles. The van der Waals surface area contributed by atoms with Crippen molar-refractivity contribution in [1.82, 2.24) is 0 Å². The van der Waals surface area contributed by atoms with Crippen LogP contribution >= 0.6 is 0 Å². The molecule has 0 spiro atoms. The molecule has 274 valence electrons. The van der Waals surface area contributed by atoms with Crippen LogP contribution in [-0.4, -0.2) is 0 Å². The first kappa shape index (κ1) is 32.8. The molecule has 12 rings (SSSR count). The van der Waals surface area contributed by atoms with Crippen LogP contribution in [0.15, 0.2) is 192 Å². The second kappa shape index (κ2) is 12.3. The smallest absolute Gasteiger partial charge is 0.137 e. The second-order valence-corrected chi connectivity index (χ2v) is 16.1. The van der Waals surface area contributed by atoms with Gasteiger partial charge in [-0.1, -0.05) is 141 Å². The average molecular weight is 744 g/mol. The fourth-order valence-electron chi connectivity index (χ4n) is 9.67. The van der Waals surface area contributed by atoms with Crippen LogP contribution in [0.3, 0.4) is 0 Å². The molecule has 3 nitrogen and oxygen atoms in total. The fraction of sp³-hybridized carbons (Fsp3) is 0.0545. The molecule has 1 aliphatic heterocycles. The number of rotatable bonds is 5. The maximum atomic E-state index is 6.81. The Balaban J connectivity index is 1.08. The summed E-state index contributed by atoms with van der Waals surface area (Å²) in [5.41, 5.74) is 16.9. The minimum absolute atomic E-state index is 0.150. The van der Waals surface area contributed by atoms with Gasteiger partial charge in [-0.2, -0.15) is 0 Å². The van der Waals surface area contributed by atoms with Crippen molar-refractivity contribution in [1.29, 1.82) is 0 Å². The van der Waals surface area contributed by atoms with Crippen LogP contribution in [0.5, 0.6) is 11.5 Å². The van der Waals surface area contributed by atoms with Gasteiger partial charge in [0.25, 0.3) is 0 Å². The molecule has 0 N–H and O–H groups in total. The Bertz CT molecular complexity index is 3280. The maximum absolute atomic E-state index is 6.81. The molecule has 1 aliphatic carbocycles. The first-order chi connectivity index (χ1) is 28.5. The molecular formula is C55H37NO2. The van der Waals surface area contributed by atoms with Crippen molar-refractivity contribution in [2.45, 2.75) is 19.3 Å². The molecule has 0 saturated heterocycles. The van der Waals surface area contributed by atoms with E-state index in [4.69, 9.17) is 9.15 Å². The van der Waals surface area contributed by atoms with Gasteiger partial charge in [-0.25, -0.2) is 0 Å². The van der Waals surface area contributed by atoms with Gasteiger partial charge in [-0.05, 0) is 99.1 Å². The number of furan rings is 1. The Hall–Kier alpha value is -7.36. The standard InChI is InChI=1S/C55H37NO2/c1-55(2)45-20-10-9-17-42(45)54-46(55)21-12-22-48(54)56(38-25-27-40-44-31-36(34-13-5-3-6-14-34)24-29-49(44)57-52(40)33-38)47-28-30-50-53-41(18-11-19-43(47)53)39-26-23-37(32-51(39)58-50)35-15-7-4-8-16-35/h3-33H,1-2H3. The first-order valence-corrected chi connectivity index (χ1v) is 20.0. The Morgan fingerprint density at radius 3 is 1.95 bits per heavy atom. The third-order valence-corrected chi connectivity index (χ3v) is 12.5. The van der Waals surface area contributed by atoms with Crippen LogP contribution < -0.4 is 9.64 Å². The van der Waals surface area contributed by atoms with Gasteiger partial charge < -0.3 is 14.1 Å². The molecule has 2 aliphatic rings. The van der Waals surface area contributed by atoms with Crippen molar-refractivity contribution >= 4 is 49.8 Å². The van der Waals surface area contributed by atoms with E-state index < -0.39 is 0 Å². The molecule has 0 bridgehead atoms. The predicted octanol–water partition coefficient (Wildman–Crippen LogP) is 15.6. The maximum Gasteiger partial charge on any atom is 0.137 e. The third kappa shape index (κ3) is 4.80. The van der Waals surface area contributed by atoms with Gasteiger partial charge in [0, 0.05) is 49.8 Å². The monoisotopic (exact) mass is 743 g/mol. The number of fused-ring (bicyclic) bond motifs is 8. The first-order valence-electron chi connectivity index (χ1n) is 20.0. The number of hydrogen-bond acceptors (Lipinski definition) is 3. The molecule has 2 heterocycles. The summed E-state index contributed by atoms with van der Waals surface area (Å²) in [7, 11) is 0. The van der Waals surface area contributed by atoms with Crippen molar-refractivity contribution in [3.05, 3.63) is 199 Å². The summed E-state index contributed by atoms with van der Waals surface area (Å²) in [5.74, 6) is 1.73. The highest BCUT2D eigenvalue weighted by molar-refractivity contribution is 6.13. The summed E-state index contributed by atoms with van der Waals surface area (Å²) in [6.45, 7) is 4.69. The molecule has 0 unspecified atom stereocenters. The highest BCUT2D eigenvalue weighted by atomic mass is 16.5. The number of hydrogen-bond donors (Lipinski definition) is 0. The van der Waals surface area contributed by atoms with Gasteiger partial charge in [0.15, 0.2) is 0 Å². The van der Waals surface area contributed by atoms with Crippen molar-refractivity contribution in [2.24, 2.45) is 0 Å². The van der Waals surface area contributed by atoms with E-state index in [0.717, 1.165) is 72.4 Å². The van der Waals surface area contributed by atoms with E-state index in [0.29, 0.717) is 0 Å². The topological polar surface area (TPSA) is 25.6 Å². The van der Waals surface area contributed by atoms with Gasteiger partial charge in [0.05, 0.1) is 11.4 Å². The third-order valence-electron chi connectivity index (χ3n) is 12.5. The summed E-state index contributed by atoms with van der Waals surface area (Å²) in [6.07, 6.45) is 0. The van der Waals surface area contributed by atoms with Crippen molar-refractivity contribution in [3.63, 3.8) is 0 Å². The van der Waals surface area contributed by atoms with Gasteiger partial charge in [0.2, 0.25) is 0 Å². The van der Waals surface area contributed by atoms with Gasteiger partial charge in [0.1, 0.15) is 22.7 Å². The fourth-order valence-corrected chi connectivity index (χ4v) is 9.67. The SMILES string of the molecule is CC1(C)c2ccccc2-c2c(N(c3ccc4c(c3)oc3ccc(-c5ccccc5)cc34)c3ccc4c5c(cccc35)-c3ccc(-c5ccccc5)cc3O4)cccc21. The van der Waals surface area contributed by atoms with Crippen LogP contribution in [0.4, 0.5) is 17.1 Å². The molecule has 10 aromatic rings. The Kier molecular flexibility index (Phi) is 6.98. The highest BCUT2D eigenvalue weighted by Gasteiger charge is 2.38. The lowest BCUT2D eigenvalue weighted by Gasteiger charge is -2.31. The summed E-state index contributed by atoms with van der Waals surface area (Å²) in [5, 5.41) is 4.43. The molecule has 0 radical (unpaired) electrons.